The van der Waals surface area contributed by atoms with Crippen LogP contribution in [0.4, 0.5) is 0 Å². The lowest BCUT2D eigenvalue weighted by Crippen LogP contribution is -2.12. The predicted octanol–water partition coefficient (Wildman–Crippen LogP) is 0.979. The topological polar surface area (TPSA) is 52.6 Å². The van der Waals surface area contributed by atoms with Crippen LogP contribution in [0.1, 0.15) is 0 Å². The molecule has 4 nitrogen and oxygen atoms in total. The number of carbonyl (C=O) groups excluding carboxylic acids is 2. The molecule has 0 unspecified atom stereocenters. The lowest BCUT2D eigenvalue weighted by atomic mass is 10.7. The van der Waals surface area contributed by atoms with Crippen molar-refractivity contribution < 1.29 is 19.4 Å². The molecule has 0 aliphatic heterocycles. The fraction of sp³-hybridized carbons (Fsp3) is 0.200. The van der Waals surface area contributed by atoms with E-state index in [0.29, 0.717) is 0 Å². The third kappa shape index (κ3) is 5.84. The van der Waals surface area contributed by atoms with Gasteiger partial charge in [-0.3, -0.25) is 9.68 Å². The highest BCUT2D eigenvalue weighted by atomic mass is 35.5. The third-order valence-corrected chi connectivity index (χ3v) is 0.774. The maximum absolute atomic E-state index is 10.2. The zero-order valence-electron chi connectivity index (χ0n) is 5.30. The van der Waals surface area contributed by atoms with Crippen LogP contribution in [-0.4, -0.2) is 17.8 Å². The summed E-state index contributed by atoms with van der Waals surface area (Å²) in [4.78, 5) is 28.2. The molecule has 0 bridgehead atoms. The van der Waals surface area contributed by atoms with Crippen LogP contribution in [0.5, 0.6) is 0 Å². The summed E-state index contributed by atoms with van der Waals surface area (Å²) in [6.45, 7) is 3.04. The Bertz CT molecular complexity index is 189. The smallest absolute Gasteiger partial charge is 0.288 e. The van der Waals surface area contributed by atoms with E-state index in [1.165, 1.54) is 0 Å². The van der Waals surface area contributed by atoms with E-state index in [0.717, 1.165) is 0 Å². The summed E-state index contributed by atoms with van der Waals surface area (Å²) in [5.74, 6) is -1.29. The van der Waals surface area contributed by atoms with Crippen molar-refractivity contribution in [2.24, 2.45) is 0 Å². The molecule has 0 aliphatic rings. The van der Waals surface area contributed by atoms with Crippen LogP contribution in [0, 0.1) is 0 Å². The molecule has 0 N–H and O–H groups in total. The van der Waals surface area contributed by atoms with Crippen molar-refractivity contribution >= 4 is 34.4 Å². The molecule has 0 spiro atoms. The van der Waals surface area contributed by atoms with Crippen molar-refractivity contribution in [1.29, 1.82) is 0 Å². The largest absolute Gasteiger partial charge is 0.424 e. The normalized spacial score (nSPS) is 8.91. The minimum absolute atomic E-state index is 0.139. The first-order chi connectivity index (χ1) is 5.04. The number of halogens is 2. The Labute approximate surface area is 72.6 Å². The van der Waals surface area contributed by atoms with Gasteiger partial charge in [0.2, 0.25) is 0 Å². The molecule has 0 atom stereocenters. The van der Waals surface area contributed by atoms with Gasteiger partial charge >= 0.3 is 11.2 Å². The SMILES string of the molecule is C=C(Cl)COOC(=O)C(=O)Cl. The van der Waals surface area contributed by atoms with Crippen LogP contribution in [0.2, 0.25) is 0 Å². The van der Waals surface area contributed by atoms with Crippen molar-refractivity contribution in [2.45, 2.75) is 0 Å². The molecule has 62 valence electrons. The van der Waals surface area contributed by atoms with Gasteiger partial charge in [-0.05, 0) is 11.6 Å². The van der Waals surface area contributed by atoms with Crippen molar-refractivity contribution in [1.82, 2.24) is 0 Å². The summed E-state index contributed by atoms with van der Waals surface area (Å²) in [6, 6.07) is 0. The van der Waals surface area contributed by atoms with Crippen LogP contribution >= 0.6 is 23.2 Å². The average molecular weight is 199 g/mol. The van der Waals surface area contributed by atoms with Gasteiger partial charge in [-0.2, -0.15) is 4.89 Å². The Balaban J connectivity index is 3.47. The van der Waals surface area contributed by atoms with Gasteiger partial charge in [0, 0.05) is 5.03 Å². The molecule has 0 aromatic rings. The second-order valence-corrected chi connectivity index (χ2v) is 2.30. The number of carbonyl (C=O) groups is 2. The van der Waals surface area contributed by atoms with E-state index in [1.807, 2.05) is 0 Å². The number of hydrogen-bond donors (Lipinski definition) is 0. The Morgan fingerprint density at radius 1 is 1.36 bits per heavy atom. The minimum Gasteiger partial charge on any atom is -0.288 e. The van der Waals surface area contributed by atoms with Crippen LogP contribution in [-0.2, 0) is 19.4 Å². The monoisotopic (exact) mass is 198 g/mol. The molecule has 0 aromatic heterocycles. The maximum atomic E-state index is 10.2. The highest BCUT2D eigenvalue weighted by Crippen LogP contribution is 1.97. The number of hydrogen-bond acceptors (Lipinski definition) is 4. The van der Waals surface area contributed by atoms with Crippen LogP contribution in [0.25, 0.3) is 0 Å². The molecule has 6 heteroatoms. The Morgan fingerprint density at radius 2 is 1.91 bits per heavy atom. The Hall–Kier alpha value is -0.580. The summed E-state index contributed by atoms with van der Waals surface area (Å²) in [6.07, 6.45) is 0. The summed E-state index contributed by atoms with van der Waals surface area (Å²) >= 11 is 9.91. The quantitative estimate of drug-likeness (QED) is 0.293. The van der Waals surface area contributed by atoms with Crippen molar-refractivity contribution in [3.8, 4) is 0 Å². The first-order valence-corrected chi connectivity index (χ1v) is 3.16. The maximum Gasteiger partial charge on any atom is 0.424 e. The zero-order chi connectivity index (χ0) is 8.85. The van der Waals surface area contributed by atoms with Crippen molar-refractivity contribution in [2.75, 3.05) is 6.61 Å². The molecule has 11 heavy (non-hydrogen) atoms. The van der Waals surface area contributed by atoms with Crippen molar-refractivity contribution in [3.63, 3.8) is 0 Å². The first-order valence-electron chi connectivity index (χ1n) is 2.40. The highest BCUT2D eigenvalue weighted by Gasteiger charge is 2.12. The molecule has 0 rings (SSSR count). The van der Waals surface area contributed by atoms with E-state index in [1.54, 1.807) is 0 Å². The standard InChI is InChI=1S/C5H4Cl2O4/c1-3(6)2-10-11-5(9)4(7)8/h1-2H2. The molecule has 0 radical (unpaired) electrons. The minimum atomic E-state index is -1.29. The summed E-state index contributed by atoms with van der Waals surface area (Å²) in [7, 11) is 0. The van der Waals surface area contributed by atoms with Gasteiger partial charge in [-0.15, -0.1) is 0 Å². The summed E-state index contributed by atoms with van der Waals surface area (Å²) in [5.41, 5.74) is 0. The fourth-order valence-corrected chi connectivity index (χ4v) is 0.256. The lowest BCUT2D eigenvalue weighted by Gasteiger charge is -1.97. The molecule has 0 aromatic carbocycles. The summed E-state index contributed by atoms with van der Waals surface area (Å²) in [5, 5.41) is -1.12. The van der Waals surface area contributed by atoms with Gasteiger partial charge in [0.25, 0.3) is 0 Å². The fourth-order valence-electron chi connectivity index (χ4n) is 0.180. The first kappa shape index (κ1) is 10.4. The highest BCUT2D eigenvalue weighted by molar-refractivity contribution is 6.80. The van der Waals surface area contributed by atoms with Crippen LogP contribution in [0.3, 0.4) is 0 Å². The summed E-state index contributed by atoms with van der Waals surface area (Å²) < 4.78 is 0. The van der Waals surface area contributed by atoms with Gasteiger partial charge in [0.1, 0.15) is 6.61 Å². The van der Waals surface area contributed by atoms with Crippen molar-refractivity contribution in [3.05, 3.63) is 11.6 Å². The Morgan fingerprint density at radius 3 is 2.27 bits per heavy atom. The van der Waals surface area contributed by atoms with E-state index in [2.05, 4.69) is 16.4 Å². The second-order valence-electron chi connectivity index (χ2n) is 1.42. The van der Waals surface area contributed by atoms with E-state index < -0.39 is 11.2 Å². The molecule has 0 saturated heterocycles. The molecule has 0 heterocycles. The Kier molecular flexibility index (Phi) is 4.85. The van der Waals surface area contributed by atoms with Crippen LogP contribution < -0.4 is 0 Å². The lowest BCUT2D eigenvalue weighted by molar-refractivity contribution is -0.262. The molecule has 0 saturated carbocycles. The molecule has 0 amide bonds. The molecule has 0 fully saturated rings. The predicted molar refractivity (Wildman–Crippen MR) is 37.9 cm³/mol. The van der Waals surface area contributed by atoms with Crippen LogP contribution in [0.15, 0.2) is 11.6 Å². The van der Waals surface area contributed by atoms with Gasteiger partial charge < -0.3 is 0 Å². The third-order valence-electron chi connectivity index (χ3n) is 0.511. The molecular weight excluding hydrogens is 195 g/mol. The average Bonchev–Trinajstić information content (AvgIpc) is 1.86. The van der Waals surface area contributed by atoms with Gasteiger partial charge in [0.15, 0.2) is 0 Å². The number of rotatable bonds is 4. The molecule has 0 aliphatic carbocycles. The van der Waals surface area contributed by atoms with E-state index in [-0.39, 0.29) is 11.6 Å². The van der Waals surface area contributed by atoms with E-state index in [4.69, 9.17) is 23.2 Å². The molecular formula is C5H4Cl2O4. The van der Waals surface area contributed by atoms with Gasteiger partial charge in [-0.25, -0.2) is 4.79 Å². The van der Waals surface area contributed by atoms with Gasteiger partial charge in [-0.1, -0.05) is 18.2 Å². The van der Waals surface area contributed by atoms with E-state index in [9.17, 15) is 9.59 Å². The van der Waals surface area contributed by atoms with E-state index >= 15 is 0 Å². The second kappa shape index (κ2) is 5.12. The zero-order valence-corrected chi connectivity index (χ0v) is 6.81. The van der Waals surface area contributed by atoms with Gasteiger partial charge in [0.05, 0.1) is 0 Å².